The lowest BCUT2D eigenvalue weighted by Crippen LogP contribution is -2.46. The third-order valence-corrected chi connectivity index (χ3v) is 3.03. The van der Waals surface area contributed by atoms with Gasteiger partial charge in [0.15, 0.2) is 0 Å². The van der Waals surface area contributed by atoms with E-state index in [9.17, 15) is 9.59 Å². The van der Waals surface area contributed by atoms with Gasteiger partial charge in [0, 0.05) is 12.3 Å². The molecular formula is C10H17N5O3S. The summed E-state index contributed by atoms with van der Waals surface area (Å²) in [5.74, 6) is -0.280. The molecule has 1 atom stereocenters. The molecule has 9 heteroatoms. The number of amides is 2. The Balaban J connectivity index is 2.31. The zero-order chi connectivity index (χ0) is 14.1. The molecule has 19 heavy (non-hydrogen) atoms. The maximum atomic E-state index is 11.5. The maximum Gasteiger partial charge on any atom is 0.326 e. The number of hydrogen-bond donors (Lipinski definition) is 3. The van der Waals surface area contributed by atoms with Crippen molar-refractivity contribution in [2.45, 2.75) is 18.9 Å². The molecule has 1 rings (SSSR count). The van der Waals surface area contributed by atoms with Crippen LogP contribution in [0.15, 0.2) is 15.4 Å². The molecule has 0 saturated heterocycles. The number of carbonyl (C=O) groups is 2. The van der Waals surface area contributed by atoms with Crippen molar-refractivity contribution in [1.82, 2.24) is 10.6 Å². The minimum Gasteiger partial charge on any atom is -0.480 e. The molecule has 0 aromatic carbocycles. The number of urea groups is 1. The van der Waals surface area contributed by atoms with Crippen molar-refractivity contribution in [1.29, 1.82) is 0 Å². The summed E-state index contributed by atoms with van der Waals surface area (Å²) < 4.78 is 0. The number of carboxylic acids is 1. The fourth-order valence-electron chi connectivity index (χ4n) is 1.41. The molecule has 8 nitrogen and oxygen atoms in total. The van der Waals surface area contributed by atoms with E-state index < -0.39 is 18.0 Å². The zero-order valence-electron chi connectivity index (χ0n) is 10.6. The molecule has 0 bridgehead atoms. The predicted octanol–water partition coefficient (Wildman–Crippen LogP) is 0.704. The molecule has 1 heterocycles. The van der Waals surface area contributed by atoms with E-state index in [1.807, 2.05) is 6.26 Å². The van der Waals surface area contributed by atoms with Gasteiger partial charge in [0.25, 0.3) is 0 Å². The molecule has 0 spiro atoms. The quantitative estimate of drug-likeness (QED) is 0.570. The Morgan fingerprint density at radius 2 is 2.32 bits per heavy atom. The second-order valence-corrected chi connectivity index (χ2v) is 4.86. The van der Waals surface area contributed by atoms with Crippen molar-refractivity contribution in [3.05, 3.63) is 0 Å². The van der Waals surface area contributed by atoms with Gasteiger partial charge in [-0.25, -0.2) is 9.59 Å². The van der Waals surface area contributed by atoms with E-state index in [1.165, 1.54) is 0 Å². The molecule has 1 aliphatic rings. The minimum atomic E-state index is -1.06. The van der Waals surface area contributed by atoms with E-state index in [2.05, 4.69) is 26.1 Å². The standard InChI is InChI=1S/C10H17N5O3S/c1-19-5-4-11-10(18)13-8(9(16)17)3-2-7-6-12-15-14-7/h8H,2-6H2,1H3,(H,16,17)(H2,11,13,18)/t8-/m0/s1. The van der Waals surface area contributed by atoms with E-state index in [1.54, 1.807) is 11.8 Å². The van der Waals surface area contributed by atoms with Crippen molar-refractivity contribution in [2.24, 2.45) is 15.4 Å². The number of carbonyl (C=O) groups excluding carboxylic acids is 1. The van der Waals surface area contributed by atoms with E-state index in [-0.39, 0.29) is 6.42 Å². The van der Waals surface area contributed by atoms with Crippen LogP contribution in [0.1, 0.15) is 12.8 Å². The molecule has 0 saturated carbocycles. The van der Waals surface area contributed by atoms with Crippen LogP contribution in [-0.2, 0) is 4.79 Å². The Kier molecular flexibility index (Phi) is 6.86. The van der Waals surface area contributed by atoms with Gasteiger partial charge in [0.05, 0.1) is 5.71 Å². The van der Waals surface area contributed by atoms with E-state index >= 15 is 0 Å². The number of nitrogens with zero attached hydrogens (tertiary/aromatic N) is 3. The Morgan fingerprint density at radius 1 is 1.53 bits per heavy atom. The average Bonchev–Trinajstić information content (AvgIpc) is 2.87. The second kappa shape index (κ2) is 8.46. The van der Waals surface area contributed by atoms with Gasteiger partial charge in [0.1, 0.15) is 12.6 Å². The SMILES string of the molecule is CSCCNC(=O)N[C@@H](CCC1=NN=NC1)C(=O)O. The topological polar surface area (TPSA) is 116 Å². The van der Waals surface area contributed by atoms with Crippen LogP contribution in [0.4, 0.5) is 4.79 Å². The monoisotopic (exact) mass is 287 g/mol. The van der Waals surface area contributed by atoms with Crippen molar-refractivity contribution < 1.29 is 14.7 Å². The molecule has 1 aliphatic heterocycles. The first kappa shape index (κ1) is 15.4. The molecular weight excluding hydrogens is 270 g/mol. The largest absolute Gasteiger partial charge is 0.480 e. The van der Waals surface area contributed by atoms with Crippen molar-refractivity contribution in [2.75, 3.05) is 25.1 Å². The van der Waals surface area contributed by atoms with Gasteiger partial charge >= 0.3 is 12.0 Å². The molecule has 3 N–H and O–H groups in total. The predicted molar refractivity (Wildman–Crippen MR) is 72.7 cm³/mol. The number of hydrogen-bond acceptors (Lipinski definition) is 6. The zero-order valence-corrected chi connectivity index (χ0v) is 11.4. The maximum absolute atomic E-state index is 11.5. The van der Waals surface area contributed by atoms with Gasteiger partial charge in [-0.3, -0.25) is 0 Å². The summed E-state index contributed by atoms with van der Waals surface area (Å²) in [6.45, 7) is 0.913. The molecule has 0 radical (unpaired) electrons. The average molecular weight is 287 g/mol. The van der Waals surface area contributed by atoms with E-state index in [0.717, 1.165) is 11.5 Å². The first-order valence-electron chi connectivity index (χ1n) is 5.81. The number of thioether (sulfide) groups is 1. The normalized spacial score (nSPS) is 14.9. The van der Waals surface area contributed by atoms with Crippen LogP contribution in [0.25, 0.3) is 0 Å². The van der Waals surface area contributed by atoms with Crippen LogP contribution in [0, 0.1) is 0 Å². The van der Waals surface area contributed by atoms with Crippen LogP contribution >= 0.6 is 11.8 Å². The number of aliphatic carboxylic acids is 1. The third-order valence-electron chi connectivity index (χ3n) is 2.42. The first-order valence-corrected chi connectivity index (χ1v) is 7.21. The number of nitrogens with one attached hydrogen (secondary N) is 2. The van der Waals surface area contributed by atoms with Gasteiger partial charge in [-0.05, 0) is 24.3 Å². The lowest BCUT2D eigenvalue weighted by Gasteiger charge is -2.14. The minimum absolute atomic E-state index is 0.273. The highest BCUT2D eigenvalue weighted by molar-refractivity contribution is 7.98. The molecule has 106 valence electrons. The molecule has 2 amide bonds. The first-order chi connectivity index (χ1) is 9.13. The summed E-state index contributed by atoms with van der Waals surface area (Å²) in [4.78, 5) is 22.5. The molecule has 0 fully saturated rings. The van der Waals surface area contributed by atoms with Crippen LogP contribution in [0.2, 0.25) is 0 Å². The summed E-state index contributed by atoms with van der Waals surface area (Å²) in [5, 5.41) is 24.9. The summed E-state index contributed by atoms with van der Waals surface area (Å²) >= 11 is 1.60. The van der Waals surface area contributed by atoms with Gasteiger partial charge in [-0.15, -0.1) is 5.10 Å². The van der Waals surface area contributed by atoms with Crippen molar-refractivity contribution in [3.8, 4) is 0 Å². The Bertz CT molecular complexity index is 385. The van der Waals surface area contributed by atoms with Gasteiger partial charge in [0.2, 0.25) is 0 Å². The Morgan fingerprint density at radius 3 is 2.89 bits per heavy atom. The molecule has 0 aromatic heterocycles. The summed E-state index contributed by atoms with van der Waals surface area (Å²) in [6.07, 6.45) is 2.66. The molecule has 0 aromatic rings. The summed E-state index contributed by atoms with van der Waals surface area (Å²) in [7, 11) is 0. The fourth-order valence-corrected chi connectivity index (χ4v) is 1.72. The van der Waals surface area contributed by atoms with Crippen LogP contribution < -0.4 is 10.6 Å². The summed E-state index contributed by atoms with van der Waals surface area (Å²) in [5.41, 5.74) is 0.732. The van der Waals surface area contributed by atoms with Crippen molar-refractivity contribution in [3.63, 3.8) is 0 Å². The van der Waals surface area contributed by atoms with Gasteiger partial charge < -0.3 is 15.7 Å². The van der Waals surface area contributed by atoms with E-state index in [0.29, 0.717) is 19.5 Å². The summed E-state index contributed by atoms with van der Waals surface area (Å²) in [6, 6.07) is -1.40. The lowest BCUT2D eigenvalue weighted by atomic mass is 10.1. The highest BCUT2D eigenvalue weighted by Gasteiger charge is 2.20. The lowest BCUT2D eigenvalue weighted by molar-refractivity contribution is -0.139. The van der Waals surface area contributed by atoms with Crippen LogP contribution in [0.3, 0.4) is 0 Å². The van der Waals surface area contributed by atoms with E-state index in [4.69, 9.17) is 5.11 Å². The number of carboxylic acid groups (broad SMARTS) is 1. The van der Waals surface area contributed by atoms with Crippen LogP contribution in [0.5, 0.6) is 0 Å². The Hall–Kier alpha value is -1.64. The highest BCUT2D eigenvalue weighted by atomic mass is 32.2. The van der Waals surface area contributed by atoms with Gasteiger partial charge in [-0.2, -0.15) is 16.9 Å². The fraction of sp³-hybridized carbons (Fsp3) is 0.700. The third kappa shape index (κ3) is 6.18. The molecule has 0 unspecified atom stereocenters. The number of rotatable bonds is 8. The smallest absolute Gasteiger partial charge is 0.326 e. The van der Waals surface area contributed by atoms with Crippen LogP contribution in [-0.4, -0.2) is 54.0 Å². The molecule has 0 aliphatic carbocycles. The van der Waals surface area contributed by atoms with Gasteiger partial charge in [-0.1, -0.05) is 0 Å². The highest BCUT2D eigenvalue weighted by Crippen LogP contribution is 2.05. The van der Waals surface area contributed by atoms with Crippen molar-refractivity contribution >= 4 is 29.5 Å². The second-order valence-electron chi connectivity index (χ2n) is 3.88. The Labute approximate surface area is 115 Å².